The molecule has 0 aliphatic heterocycles. The smallest absolute Gasteiger partial charge is 0.271 e. The molecule has 1 heterocycles. The lowest BCUT2D eigenvalue weighted by Gasteiger charge is -2.08. The predicted octanol–water partition coefficient (Wildman–Crippen LogP) is 4.00. The molecule has 2 aromatic carbocycles. The Hall–Kier alpha value is -3.42. The average molecular weight is 386 g/mol. The molecule has 0 aliphatic carbocycles. The Labute approximate surface area is 159 Å². The van der Waals surface area contributed by atoms with Gasteiger partial charge in [0.25, 0.3) is 5.91 Å². The van der Waals surface area contributed by atoms with Crippen LogP contribution in [-0.2, 0) is 6.42 Å². The lowest BCUT2D eigenvalue weighted by molar-refractivity contribution is 0.0948. The van der Waals surface area contributed by atoms with Crippen LogP contribution in [0, 0.1) is 17.5 Å². The van der Waals surface area contributed by atoms with Gasteiger partial charge in [0.05, 0.1) is 18.1 Å². The van der Waals surface area contributed by atoms with Crippen molar-refractivity contribution in [3.8, 4) is 0 Å². The quantitative estimate of drug-likeness (QED) is 0.476. The van der Waals surface area contributed by atoms with Crippen molar-refractivity contribution in [3.05, 3.63) is 83.6 Å². The summed E-state index contributed by atoms with van der Waals surface area (Å²) in [6.45, 7) is 0.482. The van der Waals surface area contributed by atoms with Crippen molar-refractivity contribution >= 4 is 17.4 Å². The zero-order valence-corrected chi connectivity index (χ0v) is 14.8. The molecule has 0 aliphatic rings. The Morgan fingerprint density at radius 2 is 1.71 bits per heavy atom. The standard InChI is InChI=1S/C20H17F3N4O/c21-14-8-9-15(19(23)18(14)22)27-17-12-25-16(11-26-17)20(28)24-10-4-7-13-5-2-1-3-6-13/h1-3,5-6,8-9,11-12H,4,7,10H2,(H,24,28)(H,26,27). The summed E-state index contributed by atoms with van der Waals surface area (Å²) in [6, 6.07) is 11.8. The Morgan fingerprint density at radius 1 is 0.929 bits per heavy atom. The van der Waals surface area contributed by atoms with Crippen LogP contribution < -0.4 is 10.6 Å². The zero-order valence-electron chi connectivity index (χ0n) is 14.8. The lowest BCUT2D eigenvalue weighted by Crippen LogP contribution is -2.25. The van der Waals surface area contributed by atoms with Crippen LogP contribution in [-0.4, -0.2) is 22.4 Å². The Balaban J connectivity index is 1.52. The third kappa shape index (κ3) is 4.85. The number of aryl methyl sites for hydroxylation is 1. The van der Waals surface area contributed by atoms with Crippen LogP contribution in [0.4, 0.5) is 24.7 Å². The van der Waals surface area contributed by atoms with E-state index in [4.69, 9.17) is 0 Å². The number of carbonyl (C=O) groups excluding carboxylic acids is 1. The fraction of sp³-hybridized carbons (Fsp3) is 0.150. The molecule has 0 radical (unpaired) electrons. The molecular formula is C20H17F3N4O. The van der Waals surface area contributed by atoms with E-state index in [-0.39, 0.29) is 23.1 Å². The second-order valence-corrected chi connectivity index (χ2v) is 5.98. The molecule has 0 saturated heterocycles. The van der Waals surface area contributed by atoms with E-state index in [2.05, 4.69) is 20.6 Å². The minimum atomic E-state index is -1.58. The summed E-state index contributed by atoms with van der Waals surface area (Å²) in [6.07, 6.45) is 4.04. The number of hydrogen-bond donors (Lipinski definition) is 2. The fourth-order valence-electron chi connectivity index (χ4n) is 2.50. The van der Waals surface area contributed by atoms with Crippen molar-refractivity contribution in [3.63, 3.8) is 0 Å². The van der Waals surface area contributed by atoms with E-state index in [1.165, 1.54) is 18.0 Å². The Bertz CT molecular complexity index is 950. The van der Waals surface area contributed by atoms with Crippen molar-refractivity contribution in [2.75, 3.05) is 11.9 Å². The van der Waals surface area contributed by atoms with E-state index in [9.17, 15) is 18.0 Å². The van der Waals surface area contributed by atoms with Gasteiger partial charge in [0, 0.05) is 6.54 Å². The molecular weight excluding hydrogens is 369 g/mol. The summed E-state index contributed by atoms with van der Waals surface area (Å²) < 4.78 is 39.9. The molecule has 3 aromatic rings. The highest BCUT2D eigenvalue weighted by Crippen LogP contribution is 2.22. The third-order valence-electron chi connectivity index (χ3n) is 3.95. The summed E-state index contributed by atoms with van der Waals surface area (Å²) in [5, 5.41) is 5.24. The van der Waals surface area contributed by atoms with Crippen LogP contribution >= 0.6 is 0 Å². The molecule has 0 bridgehead atoms. The highest BCUT2D eigenvalue weighted by atomic mass is 19.2. The number of halogens is 3. The number of amides is 1. The number of nitrogens with one attached hydrogen (secondary N) is 2. The first kappa shape index (κ1) is 19.3. The molecule has 28 heavy (non-hydrogen) atoms. The summed E-state index contributed by atoms with van der Waals surface area (Å²) in [4.78, 5) is 20.0. The number of anilines is 2. The monoisotopic (exact) mass is 386 g/mol. The Morgan fingerprint density at radius 3 is 2.43 bits per heavy atom. The second kappa shape index (κ2) is 8.98. The molecule has 1 aromatic heterocycles. The van der Waals surface area contributed by atoms with Crippen LogP contribution in [0.1, 0.15) is 22.5 Å². The van der Waals surface area contributed by atoms with Gasteiger partial charge in [-0.15, -0.1) is 0 Å². The van der Waals surface area contributed by atoms with Gasteiger partial charge in [-0.05, 0) is 30.5 Å². The lowest BCUT2D eigenvalue weighted by atomic mass is 10.1. The van der Waals surface area contributed by atoms with E-state index in [1.54, 1.807) is 0 Å². The first-order valence-corrected chi connectivity index (χ1v) is 8.59. The van der Waals surface area contributed by atoms with Crippen molar-refractivity contribution in [2.45, 2.75) is 12.8 Å². The van der Waals surface area contributed by atoms with Crippen LogP contribution in [0.3, 0.4) is 0 Å². The van der Waals surface area contributed by atoms with Gasteiger partial charge in [0.1, 0.15) is 11.5 Å². The summed E-state index contributed by atoms with van der Waals surface area (Å²) in [5.41, 5.74) is 0.999. The molecule has 0 unspecified atom stereocenters. The number of aromatic nitrogens is 2. The summed E-state index contributed by atoms with van der Waals surface area (Å²) >= 11 is 0. The van der Waals surface area contributed by atoms with E-state index in [0.717, 1.165) is 25.0 Å². The van der Waals surface area contributed by atoms with E-state index >= 15 is 0 Å². The van der Waals surface area contributed by atoms with Gasteiger partial charge in [-0.3, -0.25) is 4.79 Å². The number of rotatable bonds is 7. The summed E-state index contributed by atoms with van der Waals surface area (Å²) in [7, 11) is 0. The van der Waals surface area contributed by atoms with Crippen molar-refractivity contribution < 1.29 is 18.0 Å². The van der Waals surface area contributed by atoms with Gasteiger partial charge in [-0.1, -0.05) is 30.3 Å². The Kier molecular flexibility index (Phi) is 6.21. The molecule has 0 saturated carbocycles. The van der Waals surface area contributed by atoms with Crippen LogP contribution in [0.15, 0.2) is 54.9 Å². The normalized spacial score (nSPS) is 10.5. The van der Waals surface area contributed by atoms with Crippen LogP contribution in [0.25, 0.3) is 0 Å². The van der Waals surface area contributed by atoms with Gasteiger partial charge in [0.2, 0.25) is 0 Å². The number of nitrogens with zero attached hydrogens (tertiary/aromatic N) is 2. The van der Waals surface area contributed by atoms with E-state index < -0.39 is 17.5 Å². The largest absolute Gasteiger partial charge is 0.351 e. The molecule has 0 fully saturated rings. The SMILES string of the molecule is O=C(NCCCc1ccccc1)c1cnc(Nc2ccc(F)c(F)c2F)cn1. The maximum absolute atomic E-state index is 13.7. The first-order valence-electron chi connectivity index (χ1n) is 8.59. The number of hydrogen-bond acceptors (Lipinski definition) is 4. The van der Waals surface area contributed by atoms with Gasteiger partial charge in [-0.25, -0.2) is 23.1 Å². The van der Waals surface area contributed by atoms with Crippen molar-refractivity contribution in [1.29, 1.82) is 0 Å². The van der Waals surface area contributed by atoms with Gasteiger partial charge in [-0.2, -0.15) is 0 Å². The van der Waals surface area contributed by atoms with Gasteiger partial charge in [0.15, 0.2) is 17.5 Å². The predicted molar refractivity (Wildman–Crippen MR) is 98.7 cm³/mol. The minimum absolute atomic E-state index is 0.0885. The second-order valence-electron chi connectivity index (χ2n) is 5.98. The van der Waals surface area contributed by atoms with Gasteiger partial charge >= 0.3 is 0 Å². The highest BCUT2D eigenvalue weighted by molar-refractivity contribution is 5.92. The van der Waals surface area contributed by atoms with Crippen molar-refractivity contribution in [2.24, 2.45) is 0 Å². The molecule has 144 valence electrons. The molecule has 1 amide bonds. The van der Waals surface area contributed by atoms with E-state index in [0.29, 0.717) is 6.54 Å². The molecule has 5 nitrogen and oxygen atoms in total. The van der Waals surface area contributed by atoms with E-state index in [1.807, 2.05) is 30.3 Å². The maximum Gasteiger partial charge on any atom is 0.271 e. The summed E-state index contributed by atoms with van der Waals surface area (Å²) in [5.74, 6) is -4.52. The maximum atomic E-state index is 13.7. The number of benzene rings is 2. The molecule has 0 spiro atoms. The molecule has 3 rings (SSSR count). The molecule has 2 N–H and O–H groups in total. The van der Waals surface area contributed by atoms with Gasteiger partial charge < -0.3 is 10.6 Å². The van der Waals surface area contributed by atoms with Crippen LogP contribution in [0.5, 0.6) is 0 Å². The number of carbonyl (C=O) groups is 1. The minimum Gasteiger partial charge on any atom is -0.351 e. The first-order chi connectivity index (χ1) is 13.5. The topological polar surface area (TPSA) is 66.9 Å². The zero-order chi connectivity index (χ0) is 19.9. The highest BCUT2D eigenvalue weighted by Gasteiger charge is 2.14. The third-order valence-corrected chi connectivity index (χ3v) is 3.95. The average Bonchev–Trinajstić information content (AvgIpc) is 2.73. The fourth-order valence-corrected chi connectivity index (χ4v) is 2.50. The van der Waals surface area contributed by atoms with Crippen molar-refractivity contribution in [1.82, 2.24) is 15.3 Å². The molecule has 8 heteroatoms. The van der Waals surface area contributed by atoms with Crippen LogP contribution in [0.2, 0.25) is 0 Å². The molecule has 0 atom stereocenters.